The first-order valence-electron chi connectivity index (χ1n) is 19.4. The number of allylic oxidation sites excluding steroid dienone is 2. The van der Waals surface area contributed by atoms with Crippen molar-refractivity contribution in [2.45, 2.75) is 24.4 Å². The van der Waals surface area contributed by atoms with Crippen LogP contribution in [-0.4, -0.2) is 11.7 Å². The molecule has 4 heteroatoms. The minimum atomic E-state index is -0.567. The van der Waals surface area contributed by atoms with E-state index in [-0.39, 0.29) is 0 Å². The van der Waals surface area contributed by atoms with Gasteiger partial charge in [0, 0.05) is 27.8 Å². The third-order valence-corrected chi connectivity index (χ3v) is 11.6. The fourth-order valence-electron chi connectivity index (χ4n) is 9.13. The molecule has 0 saturated carbocycles. The molecule has 4 aliphatic rings. The molecule has 4 nitrogen and oxygen atoms in total. The summed E-state index contributed by atoms with van der Waals surface area (Å²) in [7, 11) is 0. The molecule has 7 aromatic carbocycles. The van der Waals surface area contributed by atoms with Crippen molar-refractivity contribution in [1.82, 2.24) is 5.32 Å². The monoisotopic (exact) mass is 719 g/mol. The summed E-state index contributed by atoms with van der Waals surface area (Å²) in [6.07, 6.45) is 8.10. The second-order valence-electron chi connectivity index (χ2n) is 14.8. The lowest BCUT2D eigenvalue weighted by atomic mass is 9.65. The van der Waals surface area contributed by atoms with Gasteiger partial charge in [-0.15, -0.1) is 0 Å². The standard InChI is InChI=1S/C52H37N3O/c1-4-17-34(18-5-1)37-31-38(35-19-6-2-7-20-35)33-39(32-37)50-53-49(36-21-8-3-9-22-36)54-51(55-50)42-25-16-29-46-48(42)56-47-30-15-14-28-45(47)52(46)43-26-12-10-23-40(43)41-24-11-13-27-44(41)52/h1-2,4-8,10-33,51H,3,9H2,(H,53,54,55). The van der Waals surface area contributed by atoms with Crippen molar-refractivity contribution in [2.75, 3.05) is 0 Å². The maximum absolute atomic E-state index is 7.07. The molecule has 11 rings (SSSR count). The fourth-order valence-corrected chi connectivity index (χ4v) is 9.13. The minimum absolute atomic E-state index is 0.567. The first-order chi connectivity index (χ1) is 27.8. The summed E-state index contributed by atoms with van der Waals surface area (Å²) in [6, 6.07) is 60.7. The lowest BCUT2D eigenvalue weighted by molar-refractivity contribution is 0.426. The average Bonchev–Trinajstić information content (AvgIpc) is 3.57. The normalized spacial score (nSPS) is 16.9. The largest absolute Gasteiger partial charge is 0.456 e. The topological polar surface area (TPSA) is 46.0 Å². The molecule has 2 aliphatic heterocycles. The van der Waals surface area contributed by atoms with Crippen LogP contribution in [0.2, 0.25) is 0 Å². The molecule has 2 aliphatic carbocycles. The van der Waals surface area contributed by atoms with E-state index in [0.717, 1.165) is 86.1 Å². The van der Waals surface area contributed by atoms with Gasteiger partial charge in [0.15, 0.2) is 6.17 Å². The van der Waals surface area contributed by atoms with Gasteiger partial charge in [0.05, 0.1) is 5.41 Å². The quantitative estimate of drug-likeness (QED) is 0.192. The summed E-state index contributed by atoms with van der Waals surface area (Å²) < 4.78 is 7.07. The number of benzene rings is 7. The second kappa shape index (κ2) is 13.1. The molecule has 266 valence electrons. The molecule has 2 heterocycles. The van der Waals surface area contributed by atoms with E-state index in [1.54, 1.807) is 0 Å². The zero-order valence-corrected chi connectivity index (χ0v) is 30.7. The van der Waals surface area contributed by atoms with Crippen molar-refractivity contribution in [3.63, 3.8) is 0 Å². The Balaban J connectivity index is 1.14. The third kappa shape index (κ3) is 5.06. The van der Waals surface area contributed by atoms with E-state index in [2.05, 4.69) is 193 Å². The molecule has 0 amide bonds. The highest BCUT2D eigenvalue weighted by molar-refractivity contribution is 6.17. The lowest BCUT2D eigenvalue weighted by Crippen LogP contribution is -2.37. The van der Waals surface area contributed by atoms with Crippen LogP contribution in [0.25, 0.3) is 33.4 Å². The van der Waals surface area contributed by atoms with Crippen molar-refractivity contribution < 1.29 is 4.74 Å². The molecule has 56 heavy (non-hydrogen) atoms. The van der Waals surface area contributed by atoms with Gasteiger partial charge < -0.3 is 10.1 Å². The van der Waals surface area contributed by atoms with Crippen molar-refractivity contribution in [3.8, 4) is 44.9 Å². The first kappa shape index (κ1) is 32.4. The van der Waals surface area contributed by atoms with E-state index in [1.165, 1.54) is 22.3 Å². The Morgan fingerprint density at radius 2 is 1.07 bits per heavy atom. The van der Waals surface area contributed by atoms with Gasteiger partial charge in [-0.1, -0.05) is 164 Å². The third-order valence-electron chi connectivity index (χ3n) is 11.6. The highest BCUT2D eigenvalue weighted by Crippen LogP contribution is 2.62. The molecular weight excluding hydrogens is 683 g/mol. The van der Waals surface area contributed by atoms with Gasteiger partial charge in [-0.05, 0) is 81.6 Å². The number of fused-ring (bicyclic) bond motifs is 9. The highest BCUT2D eigenvalue weighted by atomic mass is 16.5. The molecule has 1 unspecified atom stereocenters. The summed E-state index contributed by atoms with van der Waals surface area (Å²) in [5.74, 6) is 3.24. The van der Waals surface area contributed by atoms with E-state index >= 15 is 0 Å². The molecule has 1 atom stereocenters. The van der Waals surface area contributed by atoms with Crippen LogP contribution in [0.1, 0.15) is 52.4 Å². The Bertz CT molecular complexity index is 2710. The number of nitrogens with one attached hydrogen (secondary N) is 1. The highest BCUT2D eigenvalue weighted by Gasteiger charge is 2.51. The zero-order chi connectivity index (χ0) is 37.1. The summed E-state index contributed by atoms with van der Waals surface area (Å²) in [5, 5.41) is 3.71. The van der Waals surface area contributed by atoms with Crippen molar-refractivity contribution in [2.24, 2.45) is 9.98 Å². The predicted octanol–water partition coefficient (Wildman–Crippen LogP) is 12.2. The number of aliphatic imine (C=N–C) groups is 2. The Labute approximate surface area is 326 Å². The van der Waals surface area contributed by atoms with Crippen LogP contribution in [0.4, 0.5) is 0 Å². The Morgan fingerprint density at radius 1 is 0.500 bits per heavy atom. The molecule has 0 saturated heterocycles. The predicted molar refractivity (Wildman–Crippen MR) is 227 cm³/mol. The van der Waals surface area contributed by atoms with E-state index in [9.17, 15) is 0 Å². The van der Waals surface area contributed by atoms with E-state index < -0.39 is 11.6 Å². The van der Waals surface area contributed by atoms with E-state index in [0.29, 0.717) is 0 Å². The van der Waals surface area contributed by atoms with Crippen LogP contribution in [0.15, 0.2) is 204 Å². The van der Waals surface area contributed by atoms with Gasteiger partial charge in [0.1, 0.15) is 23.2 Å². The van der Waals surface area contributed by atoms with E-state index in [1.807, 2.05) is 0 Å². The minimum Gasteiger partial charge on any atom is -0.456 e. The number of rotatable bonds is 5. The Kier molecular flexibility index (Phi) is 7.56. The smallest absolute Gasteiger partial charge is 0.173 e. The summed E-state index contributed by atoms with van der Waals surface area (Å²) in [5.41, 5.74) is 14.3. The Morgan fingerprint density at radius 3 is 1.73 bits per heavy atom. The molecule has 0 radical (unpaired) electrons. The van der Waals surface area contributed by atoms with Gasteiger partial charge in [0.25, 0.3) is 0 Å². The van der Waals surface area contributed by atoms with Crippen LogP contribution in [0.3, 0.4) is 0 Å². The van der Waals surface area contributed by atoms with Crippen molar-refractivity contribution in [1.29, 1.82) is 0 Å². The summed E-state index contributed by atoms with van der Waals surface area (Å²) >= 11 is 0. The number of amidine groups is 2. The van der Waals surface area contributed by atoms with Crippen LogP contribution in [0, 0.1) is 0 Å². The first-order valence-corrected chi connectivity index (χ1v) is 19.4. The van der Waals surface area contributed by atoms with Crippen molar-refractivity contribution in [3.05, 3.63) is 227 Å². The number of para-hydroxylation sites is 2. The number of hydrogen-bond donors (Lipinski definition) is 1. The molecule has 0 aromatic heterocycles. The maximum Gasteiger partial charge on any atom is 0.173 e. The molecule has 0 bridgehead atoms. The van der Waals surface area contributed by atoms with Crippen LogP contribution in [-0.2, 0) is 5.41 Å². The molecule has 0 fully saturated rings. The summed E-state index contributed by atoms with van der Waals surface area (Å²) in [6.45, 7) is 0. The van der Waals surface area contributed by atoms with E-state index in [4.69, 9.17) is 14.7 Å². The number of ether oxygens (including phenoxy) is 1. The van der Waals surface area contributed by atoms with Crippen molar-refractivity contribution >= 4 is 11.7 Å². The Hall–Kier alpha value is -7.04. The van der Waals surface area contributed by atoms with Gasteiger partial charge in [0.2, 0.25) is 0 Å². The average molecular weight is 720 g/mol. The van der Waals surface area contributed by atoms with Gasteiger partial charge >= 0.3 is 0 Å². The van der Waals surface area contributed by atoms with Gasteiger partial charge in [-0.25, -0.2) is 9.98 Å². The van der Waals surface area contributed by atoms with Gasteiger partial charge in [-0.3, -0.25) is 0 Å². The molecule has 1 spiro atoms. The van der Waals surface area contributed by atoms with Crippen LogP contribution in [0.5, 0.6) is 11.5 Å². The number of nitrogens with zero attached hydrogens (tertiary/aromatic N) is 2. The SMILES string of the molecule is C1=CC(C2=NC(c3cccc4c3Oc3ccccc3C43c4ccccc4-c4ccccc43)N=C(c3cc(-c4ccccc4)cc(-c4ccccc4)c3)N2)=CCC1. The maximum atomic E-state index is 7.07. The van der Waals surface area contributed by atoms with Crippen LogP contribution < -0.4 is 10.1 Å². The van der Waals surface area contributed by atoms with Gasteiger partial charge in [-0.2, -0.15) is 0 Å². The lowest BCUT2D eigenvalue weighted by Gasteiger charge is -2.40. The number of hydrogen-bond acceptors (Lipinski definition) is 4. The summed E-state index contributed by atoms with van der Waals surface area (Å²) in [4.78, 5) is 10.9. The molecular formula is C52H37N3O. The fraction of sp³-hybridized carbons (Fsp3) is 0.0769. The van der Waals surface area contributed by atoms with Crippen LogP contribution >= 0.6 is 0 Å². The zero-order valence-electron chi connectivity index (χ0n) is 30.7. The molecule has 7 aromatic rings. The molecule has 1 N–H and O–H groups in total. The second-order valence-corrected chi connectivity index (χ2v) is 14.8.